The molecule has 0 aliphatic heterocycles. The minimum atomic E-state index is -1.01. The Morgan fingerprint density at radius 2 is 1.49 bits per heavy atom. The van der Waals surface area contributed by atoms with Crippen LogP contribution in [0.5, 0.6) is 17.2 Å². The molecule has 0 saturated carbocycles. The third kappa shape index (κ3) is 7.32. The van der Waals surface area contributed by atoms with Crippen LogP contribution in [0.2, 0.25) is 0 Å². The Balaban J connectivity index is 1.31. The topological polar surface area (TPSA) is 94.1 Å². The van der Waals surface area contributed by atoms with Crippen LogP contribution in [0, 0.1) is 0 Å². The second kappa shape index (κ2) is 12.6. The molecular formula is C30H29NO6. The van der Waals surface area contributed by atoms with Gasteiger partial charge in [-0.2, -0.15) is 0 Å². The molecule has 7 nitrogen and oxygen atoms in total. The number of benzene rings is 4. The lowest BCUT2D eigenvalue weighted by Gasteiger charge is -2.10. The van der Waals surface area contributed by atoms with Gasteiger partial charge in [0.05, 0.1) is 18.6 Å². The number of aromatic carboxylic acids is 1. The highest BCUT2D eigenvalue weighted by atomic mass is 16.5. The number of hydrogen-bond donors (Lipinski definition) is 2. The maximum absolute atomic E-state index is 12.4. The van der Waals surface area contributed by atoms with Crippen LogP contribution >= 0.6 is 0 Å². The number of hydrogen-bond acceptors (Lipinski definition) is 5. The summed E-state index contributed by atoms with van der Waals surface area (Å²) in [4.78, 5) is 23.7. The van der Waals surface area contributed by atoms with Gasteiger partial charge in [-0.05, 0) is 71.3 Å². The number of ether oxygens (including phenoxy) is 3. The van der Waals surface area contributed by atoms with Crippen LogP contribution in [0.25, 0.3) is 10.8 Å². The normalized spacial score (nSPS) is 10.7. The van der Waals surface area contributed by atoms with Crippen molar-refractivity contribution in [1.82, 2.24) is 5.32 Å². The SMILES string of the molecule is CCOCCOc1ccc2cc(Oc3ccc(CC(=O)NCc4ccccc4C(=O)O)cc3)ccc2c1. The van der Waals surface area contributed by atoms with Gasteiger partial charge >= 0.3 is 5.97 Å². The molecule has 0 atom stereocenters. The zero-order valence-electron chi connectivity index (χ0n) is 20.6. The van der Waals surface area contributed by atoms with Crippen LogP contribution in [0.15, 0.2) is 84.9 Å². The molecule has 4 rings (SSSR count). The number of rotatable bonds is 12. The van der Waals surface area contributed by atoms with Gasteiger partial charge in [0.25, 0.3) is 0 Å². The number of carbonyl (C=O) groups excluding carboxylic acids is 1. The van der Waals surface area contributed by atoms with Gasteiger partial charge in [0, 0.05) is 13.2 Å². The first-order valence-corrected chi connectivity index (χ1v) is 12.1. The van der Waals surface area contributed by atoms with Gasteiger partial charge in [-0.1, -0.05) is 42.5 Å². The molecule has 190 valence electrons. The van der Waals surface area contributed by atoms with Gasteiger partial charge in [-0.15, -0.1) is 0 Å². The summed E-state index contributed by atoms with van der Waals surface area (Å²) in [5.74, 6) is 0.963. The van der Waals surface area contributed by atoms with Crippen molar-refractivity contribution in [3.63, 3.8) is 0 Å². The molecule has 0 aliphatic carbocycles. The molecule has 1 amide bonds. The fraction of sp³-hybridized carbons (Fsp3) is 0.200. The first-order chi connectivity index (χ1) is 18.0. The maximum atomic E-state index is 12.4. The molecule has 2 N–H and O–H groups in total. The Morgan fingerprint density at radius 1 is 0.811 bits per heavy atom. The lowest BCUT2D eigenvalue weighted by Crippen LogP contribution is -2.25. The van der Waals surface area contributed by atoms with E-state index in [1.54, 1.807) is 18.2 Å². The van der Waals surface area contributed by atoms with Gasteiger partial charge in [-0.3, -0.25) is 4.79 Å². The summed E-state index contributed by atoms with van der Waals surface area (Å²) in [6.45, 7) is 3.86. The van der Waals surface area contributed by atoms with Crippen LogP contribution in [-0.2, 0) is 22.5 Å². The maximum Gasteiger partial charge on any atom is 0.336 e. The summed E-state index contributed by atoms with van der Waals surface area (Å²) >= 11 is 0. The Labute approximate surface area is 215 Å². The van der Waals surface area contributed by atoms with Crippen molar-refractivity contribution in [2.75, 3.05) is 19.8 Å². The summed E-state index contributed by atoms with van der Waals surface area (Å²) in [6.07, 6.45) is 0.181. The van der Waals surface area contributed by atoms with Gasteiger partial charge in [0.2, 0.25) is 5.91 Å². The second-order valence-corrected chi connectivity index (χ2v) is 8.38. The van der Waals surface area contributed by atoms with Crippen molar-refractivity contribution < 1.29 is 28.9 Å². The monoisotopic (exact) mass is 499 g/mol. The summed E-state index contributed by atoms with van der Waals surface area (Å²) < 4.78 is 17.0. The predicted octanol–water partition coefficient (Wildman–Crippen LogP) is 5.60. The molecule has 0 saturated heterocycles. The molecule has 37 heavy (non-hydrogen) atoms. The average molecular weight is 500 g/mol. The molecule has 4 aromatic rings. The van der Waals surface area contributed by atoms with E-state index in [4.69, 9.17) is 14.2 Å². The van der Waals surface area contributed by atoms with E-state index in [9.17, 15) is 14.7 Å². The fourth-order valence-electron chi connectivity index (χ4n) is 3.85. The number of carbonyl (C=O) groups is 2. The summed E-state index contributed by atoms with van der Waals surface area (Å²) in [5, 5.41) is 14.1. The molecule has 7 heteroatoms. The van der Waals surface area contributed by atoms with E-state index >= 15 is 0 Å². The van der Waals surface area contributed by atoms with Crippen molar-refractivity contribution in [2.45, 2.75) is 19.9 Å². The van der Waals surface area contributed by atoms with Gasteiger partial charge < -0.3 is 24.6 Å². The lowest BCUT2D eigenvalue weighted by atomic mass is 10.1. The minimum Gasteiger partial charge on any atom is -0.491 e. The van der Waals surface area contributed by atoms with E-state index < -0.39 is 5.97 Å². The standard InChI is InChI=1S/C30H29NO6/c1-2-35-15-16-36-26-13-9-23-19-27(14-10-22(23)18-26)37-25-11-7-21(8-12-25)17-29(32)31-20-24-5-3-4-6-28(24)30(33)34/h3-14,18-19H,2,15-17,20H2,1H3,(H,31,32)(H,33,34). The molecule has 0 bridgehead atoms. The highest BCUT2D eigenvalue weighted by molar-refractivity contribution is 5.89. The van der Waals surface area contributed by atoms with Crippen LogP contribution in [0.3, 0.4) is 0 Å². The number of carboxylic acids is 1. The molecule has 0 spiro atoms. The number of carboxylic acid groups (broad SMARTS) is 1. The second-order valence-electron chi connectivity index (χ2n) is 8.38. The number of amides is 1. The smallest absolute Gasteiger partial charge is 0.336 e. The molecule has 0 fully saturated rings. The van der Waals surface area contributed by atoms with E-state index in [-0.39, 0.29) is 24.4 Å². The quantitative estimate of drug-likeness (QED) is 0.246. The largest absolute Gasteiger partial charge is 0.491 e. The third-order valence-electron chi connectivity index (χ3n) is 5.73. The van der Waals surface area contributed by atoms with E-state index in [0.717, 1.165) is 22.1 Å². The minimum absolute atomic E-state index is 0.158. The summed E-state index contributed by atoms with van der Waals surface area (Å²) in [6, 6.07) is 25.7. The first kappa shape index (κ1) is 25.7. The first-order valence-electron chi connectivity index (χ1n) is 12.1. The van der Waals surface area contributed by atoms with E-state index in [1.807, 2.05) is 67.6 Å². The van der Waals surface area contributed by atoms with Crippen LogP contribution in [-0.4, -0.2) is 36.8 Å². The van der Waals surface area contributed by atoms with E-state index in [0.29, 0.717) is 36.9 Å². The van der Waals surface area contributed by atoms with Crippen LogP contribution < -0.4 is 14.8 Å². The average Bonchev–Trinajstić information content (AvgIpc) is 2.91. The molecular weight excluding hydrogens is 470 g/mol. The predicted molar refractivity (Wildman–Crippen MR) is 141 cm³/mol. The fourth-order valence-corrected chi connectivity index (χ4v) is 3.85. The lowest BCUT2D eigenvalue weighted by molar-refractivity contribution is -0.120. The summed E-state index contributed by atoms with van der Waals surface area (Å²) in [7, 11) is 0. The van der Waals surface area contributed by atoms with Crippen molar-refractivity contribution in [3.8, 4) is 17.2 Å². The Morgan fingerprint density at radius 3 is 2.22 bits per heavy atom. The molecule has 4 aromatic carbocycles. The zero-order chi connectivity index (χ0) is 26.0. The Bertz CT molecular complexity index is 1370. The van der Waals surface area contributed by atoms with Crippen LogP contribution in [0.4, 0.5) is 0 Å². The number of nitrogens with one attached hydrogen (secondary N) is 1. The highest BCUT2D eigenvalue weighted by Crippen LogP contribution is 2.28. The Hall–Kier alpha value is -4.36. The zero-order valence-corrected chi connectivity index (χ0v) is 20.6. The molecule has 0 unspecified atom stereocenters. The van der Waals surface area contributed by atoms with Gasteiger partial charge in [-0.25, -0.2) is 4.79 Å². The Kier molecular flexibility index (Phi) is 8.73. The van der Waals surface area contributed by atoms with Gasteiger partial charge in [0.15, 0.2) is 0 Å². The van der Waals surface area contributed by atoms with Crippen molar-refractivity contribution in [1.29, 1.82) is 0 Å². The van der Waals surface area contributed by atoms with Crippen molar-refractivity contribution >= 4 is 22.6 Å². The van der Waals surface area contributed by atoms with Crippen molar-refractivity contribution in [2.24, 2.45) is 0 Å². The summed E-state index contributed by atoms with van der Waals surface area (Å²) in [5.41, 5.74) is 1.57. The molecule has 0 aromatic heterocycles. The van der Waals surface area contributed by atoms with E-state index in [2.05, 4.69) is 5.32 Å². The van der Waals surface area contributed by atoms with Crippen LogP contribution in [0.1, 0.15) is 28.4 Å². The molecule has 0 heterocycles. The van der Waals surface area contributed by atoms with Crippen molar-refractivity contribution in [3.05, 3.63) is 102 Å². The molecule has 0 radical (unpaired) electrons. The van der Waals surface area contributed by atoms with E-state index in [1.165, 1.54) is 6.07 Å². The number of fused-ring (bicyclic) bond motifs is 1. The molecule has 0 aliphatic rings. The third-order valence-corrected chi connectivity index (χ3v) is 5.73. The van der Waals surface area contributed by atoms with Gasteiger partial charge in [0.1, 0.15) is 23.9 Å². The highest BCUT2D eigenvalue weighted by Gasteiger charge is 2.10.